The first kappa shape index (κ1) is 18.4. The summed E-state index contributed by atoms with van der Waals surface area (Å²) in [5.41, 5.74) is 1.63. The van der Waals surface area contributed by atoms with Crippen LogP contribution in [-0.4, -0.2) is 31.7 Å². The third kappa shape index (κ3) is 3.22. The average molecular weight is 421 g/mol. The molecule has 0 fully saturated rings. The van der Waals surface area contributed by atoms with Crippen molar-refractivity contribution >= 4 is 27.9 Å². The van der Waals surface area contributed by atoms with E-state index in [9.17, 15) is 4.39 Å². The molecule has 0 saturated carbocycles. The number of ether oxygens (including phenoxy) is 2. The Bertz CT molecular complexity index is 1380. The van der Waals surface area contributed by atoms with Crippen molar-refractivity contribution < 1.29 is 13.9 Å². The summed E-state index contributed by atoms with van der Waals surface area (Å²) in [7, 11) is 1.61. The Morgan fingerprint density at radius 2 is 2.03 bits per heavy atom. The number of hydrogen-bond donors (Lipinski definition) is 0. The van der Waals surface area contributed by atoms with Crippen LogP contribution < -0.4 is 9.47 Å². The summed E-state index contributed by atoms with van der Waals surface area (Å²) in [6, 6.07) is 8.81. The van der Waals surface area contributed by atoms with E-state index in [1.807, 2.05) is 25.1 Å². The lowest BCUT2D eigenvalue weighted by atomic mass is 10.2. The molecular formula is C21H16FN5O2S. The van der Waals surface area contributed by atoms with Crippen molar-refractivity contribution in [2.75, 3.05) is 7.11 Å². The van der Waals surface area contributed by atoms with Crippen molar-refractivity contribution in [1.82, 2.24) is 24.6 Å². The van der Waals surface area contributed by atoms with E-state index in [-0.39, 0.29) is 12.3 Å². The van der Waals surface area contributed by atoms with Gasteiger partial charge in [-0.15, -0.1) is 21.5 Å². The molecule has 0 atom stereocenters. The molecule has 1 aromatic carbocycles. The molecule has 30 heavy (non-hydrogen) atoms. The van der Waals surface area contributed by atoms with Gasteiger partial charge in [0.15, 0.2) is 17.3 Å². The van der Waals surface area contributed by atoms with E-state index in [1.54, 1.807) is 36.2 Å². The Kier molecular flexibility index (Phi) is 4.51. The van der Waals surface area contributed by atoms with Gasteiger partial charge >= 0.3 is 0 Å². The molecule has 0 aliphatic rings. The molecule has 0 bridgehead atoms. The van der Waals surface area contributed by atoms with Crippen LogP contribution in [0.5, 0.6) is 11.5 Å². The van der Waals surface area contributed by atoms with Gasteiger partial charge < -0.3 is 9.47 Å². The van der Waals surface area contributed by atoms with Crippen molar-refractivity contribution in [1.29, 1.82) is 0 Å². The number of fused-ring (bicyclic) bond motifs is 2. The maximum atomic E-state index is 14.6. The van der Waals surface area contributed by atoms with Crippen molar-refractivity contribution in [3.63, 3.8) is 0 Å². The molecule has 0 radical (unpaired) electrons. The number of nitrogens with zero attached hydrogens (tertiary/aromatic N) is 5. The molecular weight excluding hydrogens is 405 g/mol. The number of aryl methyl sites for hydroxylation is 1. The predicted octanol–water partition coefficient (Wildman–Crippen LogP) is 4.44. The molecule has 0 N–H and O–H groups in total. The number of methoxy groups -OCH3 is 1. The summed E-state index contributed by atoms with van der Waals surface area (Å²) in [6.07, 6.45) is 5.21. The first-order chi connectivity index (χ1) is 14.6. The Labute approximate surface area is 174 Å². The van der Waals surface area contributed by atoms with Crippen LogP contribution in [0.4, 0.5) is 4.39 Å². The Morgan fingerprint density at radius 3 is 2.83 bits per heavy atom. The van der Waals surface area contributed by atoms with Crippen LogP contribution in [0.3, 0.4) is 0 Å². The maximum Gasteiger partial charge on any atom is 0.197 e. The fraction of sp³-hybridized carbons (Fsp3) is 0.143. The highest BCUT2D eigenvalue weighted by atomic mass is 32.1. The molecule has 0 aliphatic heterocycles. The number of pyridine rings is 2. The van der Waals surface area contributed by atoms with Crippen molar-refractivity contribution in [3.05, 3.63) is 65.6 Å². The number of thiazole rings is 1. The van der Waals surface area contributed by atoms with E-state index in [1.165, 1.54) is 17.4 Å². The van der Waals surface area contributed by atoms with E-state index in [0.29, 0.717) is 17.1 Å². The quantitative estimate of drug-likeness (QED) is 0.418. The topological polar surface area (TPSA) is 74.4 Å². The van der Waals surface area contributed by atoms with Crippen LogP contribution in [0.25, 0.3) is 27.0 Å². The van der Waals surface area contributed by atoms with Gasteiger partial charge in [0.2, 0.25) is 0 Å². The average Bonchev–Trinajstić information content (AvgIpc) is 3.38. The molecule has 0 saturated heterocycles. The smallest absolute Gasteiger partial charge is 0.197 e. The number of hydrogen-bond acceptors (Lipinski definition) is 7. The molecule has 4 heterocycles. The maximum absolute atomic E-state index is 14.6. The molecule has 7 nitrogen and oxygen atoms in total. The van der Waals surface area contributed by atoms with Gasteiger partial charge in [0, 0.05) is 35.6 Å². The highest BCUT2D eigenvalue weighted by Crippen LogP contribution is 2.29. The summed E-state index contributed by atoms with van der Waals surface area (Å²) >= 11 is 1.50. The first-order valence-corrected chi connectivity index (χ1v) is 9.95. The second-order valence-electron chi connectivity index (χ2n) is 6.61. The van der Waals surface area contributed by atoms with E-state index in [0.717, 1.165) is 26.5 Å². The summed E-state index contributed by atoms with van der Waals surface area (Å²) in [4.78, 5) is 9.48. The van der Waals surface area contributed by atoms with Crippen molar-refractivity contribution in [2.45, 2.75) is 13.5 Å². The van der Waals surface area contributed by atoms with Crippen molar-refractivity contribution in [3.8, 4) is 21.9 Å². The summed E-state index contributed by atoms with van der Waals surface area (Å²) in [6.45, 7) is 2.03. The van der Waals surface area contributed by atoms with Crippen LogP contribution in [0.2, 0.25) is 0 Å². The lowest BCUT2D eigenvalue weighted by Crippen LogP contribution is -2.03. The number of halogens is 1. The third-order valence-corrected chi connectivity index (χ3v) is 5.66. The Hall–Kier alpha value is -3.59. The van der Waals surface area contributed by atoms with Crippen LogP contribution in [0, 0.1) is 12.7 Å². The SMILES string of the molecule is COc1ccc2c(OCc3nnc4c(F)cc(-c5cnc(C)s5)cn34)ccnc2c1. The minimum Gasteiger partial charge on any atom is -0.497 e. The van der Waals surface area contributed by atoms with Crippen LogP contribution in [0.15, 0.2) is 48.9 Å². The Balaban J connectivity index is 1.49. The molecule has 0 aliphatic carbocycles. The van der Waals surface area contributed by atoms with Crippen LogP contribution in [-0.2, 0) is 6.61 Å². The van der Waals surface area contributed by atoms with Gasteiger partial charge in [-0.2, -0.15) is 0 Å². The second kappa shape index (κ2) is 7.34. The summed E-state index contributed by atoms with van der Waals surface area (Å²) in [5.74, 6) is 1.41. The van der Waals surface area contributed by atoms with Gasteiger partial charge in [0.25, 0.3) is 0 Å². The molecule has 0 spiro atoms. The largest absolute Gasteiger partial charge is 0.497 e. The zero-order chi connectivity index (χ0) is 20.7. The first-order valence-electron chi connectivity index (χ1n) is 9.14. The number of benzene rings is 1. The van der Waals surface area contributed by atoms with Gasteiger partial charge in [-0.25, -0.2) is 9.37 Å². The zero-order valence-electron chi connectivity index (χ0n) is 16.2. The van der Waals surface area contributed by atoms with E-state index in [4.69, 9.17) is 9.47 Å². The van der Waals surface area contributed by atoms with Gasteiger partial charge in [0.05, 0.1) is 22.5 Å². The van der Waals surface area contributed by atoms with Gasteiger partial charge in [-0.3, -0.25) is 9.38 Å². The highest BCUT2D eigenvalue weighted by molar-refractivity contribution is 7.15. The monoisotopic (exact) mass is 421 g/mol. The fourth-order valence-electron chi connectivity index (χ4n) is 3.22. The van der Waals surface area contributed by atoms with Gasteiger partial charge in [0.1, 0.15) is 18.1 Å². The predicted molar refractivity (Wildman–Crippen MR) is 111 cm³/mol. The molecule has 0 amide bonds. The van der Waals surface area contributed by atoms with E-state index < -0.39 is 5.82 Å². The molecule has 150 valence electrons. The minimum absolute atomic E-state index is 0.122. The zero-order valence-corrected chi connectivity index (χ0v) is 17.0. The number of aromatic nitrogens is 5. The van der Waals surface area contributed by atoms with Crippen molar-refractivity contribution in [2.24, 2.45) is 0 Å². The molecule has 4 aromatic heterocycles. The number of rotatable bonds is 5. The minimum atomic E-state index is -0.446. The molecule has 5 rings (SSSR count). The van der Waals surface area contributed by atoms with E-state index in [2.05, 4.69) is 20.2 Å². The molecule has 5 aromatic rings. The summed E-state index contributed by atoms with van der Waals surface area (Å²) in [5, 5.41) is 9.85. The normalized spacial score (nSPS) is 11.3. The highest BCUT2D eigenvalue weighted by Gasteiger charge is 2.15. The van der Waals surface area contributed by atoms with Crippen LogP contribution in [0.1, 0.15) is 10.8 Å². The molecule has 9 heteroatoms. The lowest BCUT2D eigenvalue weighted by molar-refractivity contribution is 0.298. The second-order valence-corrected chi connectivity index (χ2v) is 7.85. The lowest BCUT2D eigenvalue weighted by Gasteiger charge is -2.09. The Morgan fingerprint density at radius 1 is 1.13 bits per heavy atom. The van der Waals surface area contributed by atoms with Gasteiger partial charge in [-0.1, -0.05) is 0 Å². The standard InChI is InChI=1S/C21H16FN5O2S/c1-12-24-9-19(30-12)13-7-16(22)21-26-25-20(27(21)10-13)11-29-18-5-6-23-17-8-14(28-2)3-4-15(17)18/h3-10H,11H2,1-2H3. The third-order valence-electron chi connectivity index (χ3n) is 4.70. The summed E-state index contributed by atoms with van der Waals surface area (Å²) < 4.78 is 27.5. The molecule has 0 unspecified atom stereocenters. The van der Waals surface area contributed by atoms with Crippen LogP contribution >= 0.6 is 11.3 Å². The van der Waals surface area contributed by atoms with E-state index >= 15 is 0 Å². The fourth-order valence-corrected chi connectivity index (χ4v) is 3.98. The van der Waals surface area contributed by atoms with Gasteiger partial charge in [-0.05, 0) is 31.2 Å².